The molecule has 0 amide bonds. The van der Waals surface area contributed by atoms with Gasteiger partial charge in [0.1, 0.15) is 11.9 Å². The molecule has 0 spiro atoms. The minimum atomic E-state index is 0.169. The predicted molar refractivity (Wildman–Crippen MR) is 82.0 cm³/mol. The second kappa shape index (κ2) is 6.73. The van der Waals surface area contributed by atoms with Crippen LogP contribution in [0.2, 0.25) is 0 Å². The summed E-state index contributed by atoms with van der Waals surface area (Å²) in [4.78, 5) is 1.36. The fourth-order valence-corrected chi connectivity index (χ4v) is 2.55. The normalized spacial score (nSPS) is 12.4. The Morgan fingerprint density at radius 3 is 2.74 bits per heavy atom. The van der Waals surface area contributed by atoms with Gasteiger partial charge < -0.3 is 10.1 Å². The molecular weight excluding hydrogens is 254 g/mol. The summed E-state index contributed by atoms with van der Waals surface area (Å²) < 4.78 is 5.91. The van der Waals surface area contributed by atoms with Gasteiger partial charge in [0.15, 0.2) is 0 Å². The van der Waals surface area contributed by atoms with Crippen LogP contribution in [0, 0.1) is 13.8 Å². The summed E-state index contributed by atoms with van der Waals surface area (Å²) in [5, 5.41) is 5.52. The lowest BCUT2D eigenvalue weighted by atomic mass is 10.1. The Morgan fingerprint density at radius 2 is 2.05 bits per heavy atom. The van der Waals surface area contributed by atoms with Crippen LogP contribution in [0.5, 0.6) is 5.75 Å². The monoisotopic (exact) mass is 275 g/mol. The van der Waals surface area contributed by atoms with E-state index in [9.17, 15) is 0 Å². The Hall–Kier alpha value is -1.32. The van der Waals surface area contributed by atoms with Gasteiger partial charge in [-0.2, -0.15) is 0 Å². The zero-order valence-electron chi connectivity index (χ0n) is 11.8. The molecule has 0 saturated carbocycles. The van der Waals surface area contributed by atoms with Crippen molar-refractivity contribution in [1.29, 1.82) is 0 Å². The van der Waals surface area contributed by atoms with E-state index in [0.29, 0.717) is 0 Å². The third-order valence-corrected chi connectivity index (χ3v) is 4.00. The van der Waals surface area contributed by atoms with Crippen molar-refractivity contribution in [3.8, 4) is 5.75 Å². The van der Waals surface area contributed by atoms with Gasteiger partial charge >= 0.3 is 0 Å². The van der Waals surface area contributed by atoms with Crippen molar-refractivity contribution in [3.05, 3.63) is 51.7 Å². The molecule has 1 atom stereocenters. The standard InChI is InChI=1S/C16H21NOS/c1-12-6-7-15(9-13(12)2)18-14(3)10-17-11-16-5-4-8-19-16/h4-9,14,17H,10-11H2,1-3H3. The van der Waals surface area contributed by atoms with Crippen LogP contribution in [0.15, 0.2) is 35.7 Å². The predicted octanol–water partition coefficient (Wildman–Crippen LogP) is 3.92. The van der Waals surface area contributed by atoms with Gasteiger partial charge in [-0.3, -0.25) is 0 Å². The summed E-state index contributed by atoms with van der Waals surface area (Å²) in [6, 6.07) is 10.5. The van der Waals surface area contributed by atoms with Gasteiger partial charge in [0.05, 0.1) is 0 Å². The highest BCUT2D eigenvalue weighted by Crippen LogP contribution is 2.17. The number of rotatable bonds is 6. The van der Waals surface area contributed by atoms with Gasteiger partial charge in [-0.05, 0) is 55.5 Å². The van der Waals surface area contributed by atoms with Crippen molar-refractivity contribution in [2.45, 2.75) is 33.4 Å². The van der Waals surface area contributed by atoms with Gasteiger partial charge in [-0.1, -0.05) is 12.1 Å². The molecule has 1 aromatic heterocycles. The first-order chi connectivity index (χ1) is 9.15. The molecule has 0 aliphatic heterocycles. The summed E-state index contributed by atoms with van der Waals surface area (Å²) in [6.07, 6.45) is 0.169. The Kier molecular flexibility index (Phi) is 5.00. The Labute approximate surface area is 119 Å². The molecule has 2 nitrogen and oxygen atoms in total. The van der Waals surface area contributed by atoms with Crippen LogP contribution in [0.3, 0.4) is 0 Å². The van der Waals surface area contributed by atoms with Crippen LogP contribution in [-0.2, 0) is 6.54 Å². The maximum Gasteiger partial charge on any atom is 0.120 e. The fraction of sp³-hybridized carbons (Fsp3) is 0.375. The van der Waals surface area contributed by atoms with E-state index in [1.54, 1.807) is 11.3 Å². The first kappa shape index (κ1) is 14.1. The molecule has 2 rings (SSSR count). The van der Waals surface area contributed by atoms with Crippen molar-refractivity contribution in [2.24, 2.45) is 0 Å². The smallest absolute Gasteiger partial charge is 0.120 e. The van der Waals surface area contributed by atoms with Crippen LogP contribution in [0.25, 0.3) is 0 Å². The topological polar surface area (TPSA) is 21.3 Å². The van der Waals surface area contributed by atoms with E-state index in [-0.39, 0.29) is 6.10 Å². The lowest BCUT2D eigenvalue weighted by Crippen LogP contribution is -2.28. The molecule has 0 radical (unpaired) electrons. The van der Waals surface area contributed by atoms with E-state index in [2.05, 4.69) is 55.7 Å². The van der Waals surface area contributed by atoms with E-state index < -0.39 is 0 Å². The average Bonchev–Trinajstić information content (AvgIpc) is 2.87. The Bertz CT molecular complexity index is 507. The molecular formula is C16H21NOS. The van der Waals surface area contributed by atoms with Crippen LogP contribution in [-0.4, -0.2) is 12.6 Å². The first-order valence-corrected chi connectivity index (χ1v) is 7.50. The summed E-state index contributed by atoms with van der Waals surface area (Å²) in [5.41, 5.74) is 2.58. The van der Waals surface area contributed by atoms with Crippen LogP contribution in [0.4, 0.5) is 0 Å². The molecule has 0 bridgehead atoms. The van der Waals surface area contributed by atoms with Gasteiger partial charge in [0.2, 0.25) is 0 Å². The lowest BCUT2D eigenvalue weighted by Gasteiger charge is -2.16. The fourth-order valence-electron chi connectivity index (χ4n) is 1.87. The summed E-state index contributed by atoms with van der Waals surface area (Å²) in [7, 11) is 0. The van der Waals surface area contributed by atoms with Crippen molar-refractivity contribution in [2.75, 3.05) is 6.54 Å². The first-order valence-electron chi connectivity index (χ1n) is 6.62. The summed E-state index contributed by atoms with van der Waals surface area (Å²) >= 11 is 1.78. The highest BCUT2D eigenvalue weighted by atomic mass is 32.1. The molecule has 1 heterocycles. The van der Waals surface area contributed by atoms with E-state index in [0.717, 1.165) is 18.8 Å². The Morgan fingerprint density at radius 1 is 1.21 bits per heavy atom. The molecule has 0 saturated heterocycles. The zero-order chi connectivity index (χ0) is 13.7. The van der Waals surface area contributed by atoms with Crippen molar-refractivity contribution >= 4 is 11.3 Å². The van der Waals surface area contributed by atoms with E-state index >= 15 is 0 Å². The average molecular weight is 275 g/mol. The molecule has 0 fully saturated rings. The molecule has 1 aromatic carbocycles. The van der Waals surface area contributed by atoms with Crippen LogP contribution >= 0.6 is 11.3 Å². The molecule has 3 heteroatoms. The summed E-state index contributed by atoms with van der Waals surface area (Å²) in [5.74, 6) is 0.952. The van der Waals surface area contributed by atoms with Crippen molar-refractivity contribution in [1.82, 2.24) is 5.32 Å². The highest BCUT2D eigenvalue weighted by molar-refractivity contribution is 7.09. The second-order valence-corrected chi connectivity index (χ2v) is 5.92. The lowest BCUT2D eigenvalue weighted by molar-refractivity contribution is 0.217. The molecule has 2 aromatic rings. The largest absolute Gasteiger partial charge is 0.489 e. The molecule has 19 heavy (non-hydrogen) atoms. The third kappa shape index (κ3) is 4.37. The minimum absolute atomic E-state index is 0.169. The van der Waals surface area contributed by atoms with E-state index in [1.807, 2.05) is 6.07 Å². The number of hydrogen-bond acceptors (Lipinski definition) is 3. The van der Waals surface area contributed by atoms with Gasteiger partial charge in [-0.15, -0.1) is 11.3 Å². The number of aryl methyl sites for hydroxylation is 2. The van der Waals surface area contributed by atoms with E-state index in [4.69, 9.17) is 4.74 Å². The maximum atomic E-state index is 5.91. The number of ether oxygens (including phenoxy) is 1. The van der Waals surface area contributed by atoms with Gasteiger partial charge in [0, 0.05) is 18.0 Å². The third-order valence-electron chi connectivity index (χ3n) is 3.13. The van der Waals surface area contributed by atoms with Gasteiger partial charge in [0.25, 0.3) is 0 Å². The highest BCUT2D eigenvalue weighted by Gasteiger charge is 2.05. The summed E-state index contributed by atoms with van der Waals surface area (Å²) in [6.45, 7) is 8.09. The SMILES string of the molecule is Cc1ccc(OC(C)CNCc2cccs2)cc1C. The molecule has 0 aliphatic carbocycles. The molecule has 1 unspecified atom stereocenters. The number of hydrogen-bond donors (Lipinski definition) is 1. The number of thiophene rings is 1. The van der Waals surface area contributed by atoms with Crippen molar-refractivity contribution < 1.29 is 4.74 Å². The van der Waals surface area contributed by atoms with Crippen LogP contribution in [0.1, 0.15) is 22.9 Å². The maximum absolute atomic E-state index is 5.91. The minimum Gasteiger partial charge on any atom is -0.489 e. The molecule has 0 aliphatic rings. The van der Waals surface area contributed by atoms with Gasteiger partial charge in [-0.25, -0.2) is 0 Å². The zero-order valence-corrected chi connectivity index (χ0v) is 12.6. The molecule has 102 valence electrons. The second-order valence-electron chi connectivity index (χ2n) is 4.88. The van der Waals surface area contributed by atoms with E-state index in [1.165, 1.54) is 16.0 Å². The Balaban J connectivity index is 1.77. The van der Waals surface area contributed by atoms with Crippen LogP contribution < -0.4 is 10.1 Å². The number of nitrogens with one attached hydrogen (secondary N) is 1. The van der Waals surface area contributed by atoms with Crippen molar-refractivity contribution in [3.63, 3.8) is 0 Å². The number of benzene rings is 1. The molecule has 1 N–H and O–H groups in total. The quantitative estimate of drug-likeness (QED) is 0.862.